The van der Waals surface area contributed by atoms with Gasteiger partial charge in [-0.05, 0) is 25.1 Å². The van der Waals surface area contributed by atoms with Crippen molar-refractivity contribution in [3.63, 3.8) is 0 Å². The summed E-state index contributed by atoms with van der Waals surface area (Å²) in [6.45, 7) is 1.85. The molecular weight excluding hydrogens is 248 g/mol. The van der Waals surface area contributed by atoms with Gasteiger partial charge in [0.25, 0.3) is 5.91 Å². The maximum atomic E-state index is 12.3. The van der Waals surface area contributed by atoms with E-state index in [1.54, 1.807) is 0 Å². The van der Waals surface area contributed by atoms with Crippen molar-refractivity contribution >= 4 is 11.9 Å². The summed E-state index contributed by atoms with van der Waals surface area (Å²) in [7, 11) is 0. The lowest BCUT2D eigenvalue weighted by Gasteiger charge is -2.23. The predicted octanol–water partition coefficient (Wildman–Crippen LogP) is 0.866. The molecule has 1 aliphatic heterocycles. The summed E-state index contributed by atoms with van der Waals surface area (Å²) in [5, 5.41) is 17.8. The molecule has 0 radical (unpaired) electrons. The van der Waals surface area contributed by atoms with Gasteiger partial charge in [0.05, 0.1) is 23.7 Å². The Balaban J connectivity index is 2.40. The van der Waals surface area contributed by atoms with Gasteiger partial charge in [-0.1, -0.05) is 0 Å². The zero-order chi connectivity index (χ0) is 14.0. The van der Waals surface area contributed by atoms with Crippen molar-refractivity contribution in [3.8, 4) is 11.8 Å². The largest absolute Gasteiger partial charge is 0.491 e. The van der Waals surface area contributed by atoms with E-state index >= 15 is 0 Å². The third-order valence-corrected chi connectivity index (χ3v) is 3.02. The molecule has 1 aromatic rings. The molecule has 19 heavy (non-hydrogen) atoms. The molecule has 6 nitrogen and oxygen atoms in total. The van der Waals surface area contributed by atoms with Crippen molar-refractivity contribution in [1.82, 2.24) is 4.90 Å². The van der Waals surface area contributed by atoms with Crippen LogP contribution in [0.25, 0.3) is 0 Å². The fourth-order valence-corrected chi connectivity index (χ4v) is 1.90. The van der Waals surface area contributed by atoms with Gasteiger partial charge in [-0.2, -0.15) is 5.26 Å². The number of benzene rings is 1. The number of hydrogen-bond acceptors (Lipinski definition) is 4. The van der Waals surface area contributed by atoms with Crippen LogP contribution in [0.5, 0.6) is 5.75 Å². The molecule has 98 valence electrons. The number of rotatable bonds is 2. The van der Waals surface area contributed by atoms with E-state index in [2.05, 4.69) is 0 Å². The minimum atomic E-state index is -1.06. The second-order valence-electron chi connectivity index (χ2n) is 4.18. The van der Waals surface area contributed by atoms with Crippen LogP contribution in [0.3, 0.4) is 0 Å². The summed E-state index contributed by atoms with van der Waals surface area (Å²) in [5.74, 6) is -1.14. The number of carboxylic acids is 1. The van der Waals surface area contributed by atoms with Gasteiger partial charge in [-0.25, -0.2) is 4.79 Å². The monoisotopic (exact) mass is 260 g/mol. The molecule has 6 heteroatoms. The molecule has 2 rings (SSSR count). The van der Waals surface area contributed by atoms with Crippen molar-refractivity contribution < 1.29 is 19.4 Å². The molecule has 0 bridgehead atoms. The smallest absolute Gasteiger partial charge is 0.326 e. The molecule has 1 N–H and O–H groups in total. The summed E-state index contributed by atoms with van der Waals surface area (Å²) in [5.41, 5.74) is 0.677. The van der Waals surface area contributed by atoms with E-state index in [4.69, 9.17) is 15.1 Å². The van der Waals surface area contributed by atoms with E-state index in [-0.39, 0.29) is 18.7 Å². The van der Waals surface area contributed by atoms with Gasteiger partial charge in [0, 0.05) is 0 Å². The number of ether oxygens (including phenoxy) is 1. The third kappa shape index (κ3) is 2.36. The van der Waals surface area contributed by atoms with E-state index in [0.717, 1.165) is 0 Å². The molecule has 1 atom stereocenters. The predicted molar refractivity (Wildman–Crippen MR) is 64.8 cm³/mol. The Kier molecular flexibility index (Phi) is 3.38. The quantitative estimate of drug-likeness (QED) is 0.851. The molecular formula is C13H12N2O4. The zero-order valence-electron chi connectivity index (χ0n) is 10.3. The maximum Gasteiger partial charge on any atom is 0.326 e. The molecule has 0 unspecified atom stereocenters. The van der Waals surface area contributed by atoms with Gasteiger partial charge < -0.3 is 14.7 Å². The molecule has 0 saturated heterocycles. The van der Waals surface area contributed by atoms with E-state index in [0.29, 0.717) is 11.3 Å². The van der Waals surface area contributed by atoms with E-state index in [9.17, 15) is 9.59 Å². The Labute approximate surface area is 109 Å². The van der Waals surface area contributed by atoms with E-state index in [1.165, 1.54) is 30.0 Å². The molecule has 1 aromatic carbocycles. The number of aliphatic carboxylic acids is 1. The first kappa shape index (κ1) is 12.9. The van der Waals surface area contributed by atoms with Crippen LogP contribution in [0.4, 0.5) is 0 Å². The first-order chi connectivity index (χ1) is 9.04. The Morgan fingerprint density at radius 3 is 2.95 bits per heavy atom. The lowest BCUT2D eigenvalue weighted by atomic mass is 10.1. The molecule has 1 amide bonds. The molecule has 1 heterocycles. The minimum Gasteiger partial charge on any atom is -0.491 e. The lowest BCUT2D eigenvalue weighted by Crippen LogP contribution is -2.44. The van der Waals surface area contributed by atoms with Crippen LogP contribution >= 0.6 is 0 Å². The highest BCUT2D eigenvalue weighted by Crippen LogP contribution is 2.25. The minimum absolute atomic E-state index is 0.197. The van der Waals surface area contributed by atoms with Gasteiger partial charge in [0.2, 0.25) is 0 Å². The average Bonchev–Trinajstić information content (AvgIpc) is 2.57. The van der Waals surface area contributed by atoms with Crippen molar-refractivity contribution in [1.29, 1.82) is 5.26 Å². The Hall–Kier alpha value is -2.55. The van der Waals surface area contributed by atoms with Crippen LogP contribution in [-0.4, -0.2) is 41.1 Å². The summed E-state index contributed by atoms with van der Waals surface area (Å²) in [6.07, 6.45) is 0. The SMILES string of the molecule is C[C@@H](C(=O)O)N1CCOc2cc(C#N)ccc2C1=O. The van der Waals surface area contributed by atoms with Crippen molar-refractivity contribution in [2.45, 2.75) is 13.0 Å². The van der Waals surface area contributed by atoms with Gasteiger partial charge >= 0.3 is 5.97 Å². The number of hydrogen-bond donors (Lipinski definition) is 1. The highest BCUT2D eigenvalue weighted by Gasteiger charge is 2.30. The van der Waals surface area contributed by atoms with E-state index < -0.39 is 17.9 Å². The third-order valence-electron chi connectivity index (χ3n) is 3.02. The average molecular weight is 260 g/mol. The lowest BCUT2D eigenvalue weighted by molar-refractivity contribution is -0.141. The second-order valence-corrected chi connectivity index (χ2v) is 4.18. The highest BCUT2D eigenvalue weighted by atomic mass is 16.5. The normalized spacial score (nSPS) is 15.8. The van der Waals surface area contributed by atoms with Gasteiger partial charge in [0.15, 0.2) is 0 Å². The summed E-state index contributed by atoms with van der Waals surface area (Å²) in [4.78, 5) is 24.5. The number of amides is 1. The van der Waals surface area contributed by atoms with Crippen LogP contribution in [0.2, 0.25) is 0 Å². The molecule has 0 aliphatic carbocycles. The number of carbonyl (C=O) groups excluding carboxylic acids is 1. The second kappa shape index (κ2) is 4.98. The van der Waals surface area contributed by atoms with Crippen LogP contribution in [-0.2, 0) is 4.79 Å². The highest BCUT2D eigenvalue weighted by molar-refractivity contribution is 5.99. The van der Waals surface area contributed by atoms with Crippen molar-refractivity contribution in [2.75, 3.05) is 13.2 Å². The number of fused-ring (bicyclic) bond motifs is 1. The first-order valence-corrected chi connectivity index (χ1v) is 5.75. The standard InChI is InChI=1S/C13H12N2O4/c1-8(13(17)18)15-4-5-19-11-6-9(7-14)2-3-10(11)12(15)16/h2-3,6,8H,4-5H2,1H3,(H,17,18)/t8-/m0/s1. The Morgan fingerprint density at radius 2 is 2.32 bits per heavy atom. The van der Waals surface area contributed by atoms with Crippen LogP contribution < -0.4 is 4.74 Å². The van der Waals surface area contributed by atoms with Crippen LogP contribution in [0.15, 0.2) is 18.2 Å². The summed E-state index contributed by atoms with van der Waals surface area (Å²) < 4.78 is 5.41. The topological polar surface area (TPSA) is 90.6 Å². The van der Waals surface area contributed by atoms with Crippen LogP contribution in [0.1, 0.15) is 22.8 Å². The van der Waals surface area contributed by atoms with Gasteiger partial charge in [-0.15, -0.1) is 0 Å². The summed E-state index contributed by atoms with van der Waals surface area (Å²) in [6, 6.07) is 5.53. The molecule has 0 fully saturated rings. The molecule has 1 aliphatic rings. The fourth-order valence-electron chi connectivity index (χ4n) is 1.90. The fraction of sp³-hybridized carbons (Fsp3) is 0.308. The van der Waals surface area contributed by atoms with Crippen LogP contribution in [0, 0.1) is 11.3 Å². The van der Waals surface area contributed by atoms with Crippen molar-refractivity contribution in [2.24, 2.45) is 0 Å². The number of nitrogens with zero attached hydrogens (tertiary/aromatic N) is 2. The van der Waals surface area contributed by atoms with Gasteiger partial charge in [0.1, 0.15) is 18.4 Å². The Bertz CT molecular complexity index is 576. The first-order valence-electron chi connectivity index (χ1n) is 5.75. The molecule has 0 aromatic heterocycles. The molecule has 0 spiro atoms. The Morgan fingerprint density at radius 1 is 1.58 bits per heavy atom. The molecule has 0 saturated carbocycles. The van der Waals surface area contributed by atoms with E-state index in [1.807, 2.05) is 6.07 Å². The summed E-state index contributed by atoms with van der Waals surface area (Å²) >= 11 is 0. The number of carboxylic acid groups (broad SMARTS) is 1. The zero-order valence-corrected chi connectivity index (χ0v) is 10.3. The van der Waals surface area contributed by atoms with Crippen molar-refractivity contribution in [3.05, 3.63) is 29.3 Å². The maximum absolute atomic E-state index is 12.3. The van der Waals surface area contributed by atoms with Gasteiger partial charge in [-0.3, -0.25) is 4.79 Å². The number of carbonyl (C=O) groups is 2. The number of nitriles is 1.